The van der Waals surface area contributed by atoms with Crippen molar-refractivity contribution in [3.8, 4) is 0 Å². The molecule has 4 nitrogen and oxygen atoms in total. The molecule has 2 amide bonds. The van der Waals surface area contributed by atoms with Crippen molar-refractivity contribution in [2.75, 3.05) is 5.32 Å². The number of rotatable bonds is 4. The largest absolute Gasteiger partial charge is 0.344 e. The summed E-state index contributed by atoms with van der Waals surface area (Å²) in [4.78, 5) is 24.0. The summed E-state index contributed by atoms with van der Waals surface area (Å²) in [5.41, 5.74) is 2.96. The Morgan fingerprint density at radius 1 is 1.19 bits per heavy atom. The van der Waals surface area contributed by atoms with Crippen LogP contribution < -0.4 is 10.6 Å². The van der Waals surface area contributed by atoms with E-state index in [9.17, 15) is 9.59 Å². The van der Waals surface area contributed by atoms with Crippen LogP contribution in [0.3, 0.4) is 0 Å². The summed E-state index contributed by atoms with van der Waals surface area (Å²) in [7, 11) is 0. The number of hydrogen-bond acceptors (Lipinski definition) is 2. The maximum Gasteiger partial charge on any atom is 0.247 e. The number of benzene rings is 1. The second-order valence-electron chi connectivity index (χ2n) is 6.03. The Hall–Kier alpha value is -1.84. The maximum atomic E-state index is 12.6. The van der Waals surface area contributed by atoms with Crippen molar-refractivity contribution in [2.45, 2.75) is 52.5 Å². The van der Waals surface area contributed by atoms with E-state index in [0.717, 1.165) is 42.5 Å². The summed E-state index contributed by atoms with van der Waals surface area (Å²) < 4.78 is 0. The zero-order valence-corrected chi connectivity index (χ0v) is 13.0. The summed E-state index contributed by atoms with van der Waals surface area (Å²) in [6.07, 6.45) is 4.28. The molecule has 0 aliphatic heterocycles. The van der Waals surface area contributed by atoms with Crippen LogP contribution in [0.2, 0.25) is 0 Å². The van der Waals surface area contributed by atoms with Crippen LogP contribution in [0.1, 0.15) is 43.7 Å². The molecule has 2 rings (SSSR count). The Labute approximate surface area is 126 Å². The maximum absolute atomic E-state index is 12.6. The van der Waals surface area contributed by atoms with E-state index in [4.69, 9.17) is 0 Å². The molecule has 4 heteroatoms. The molecule has 21 heavy (non-hydrogen) atoms. The van der Waals surface area contributed by atoms with Gasteiger partial charge in [0.05, 0.1) is 0 Å². The fourth-order valence-electron chi connectivity index (χ4n) is 2.99. The van der Waals surface area contributed by atoms with Gasteiger partial charge in [-0.15, -0.1) is 0 Å². The highest BCUT2D eigenvalue weighted by Crippen LogP contribution is 2.28. The molecule has 0 radical (unpaired) electrons. The molecule has 1 fully saturated rings. The van der Waals surface area contributed by atoms with Crippen LogP contribution >= 0.6 is 0 Å². The second kappa shape index (κ2) is 6.74. The van der Waals surface area contributed by atoms with E-state index < -0.39 is 6.04 Å². The predicted molar refractivity (Wildman–Crippen MR) is 84.1 cm³/mol. The van der Waals surface area contributed by atoms with Crippen LogP contribution in [-0.4, -0.2) is 17.9 Å². The summed E-state index contributed by atoms with van der Waals surface area (Å²) in [6, 6.07) is 5.55. The molecule has 0 aromatic heterocycles. The lowest BCUT2D eigenvalue weighted by Crippen LogP contribution is -2.47. The predicted octanol–water partition coefficient (Wildman–Crippen LogP) is 2.94. The number of nitrogens with one attached hydrogen (secondary N) is 2. The van der Waals surface area contributed by atoms with E-state index in [2.05, 4.69) is 10.6 Å². The van der Waals surface area contributed by atoms with E-state index in [1.807, 2.05) is 32.0 Å². The van der Waals surface area contributed by atoms with Gasteiger partial charge in [-0.1, -0.05) is 25.0 Å². The molecule has 1 aromatic rings. The smallest absolute Gasteiger partial charge is 0.247 e. The fraction of sp³-hybridized carbons (Fsp3) is 0.529. The molecule has 0 unspecified atom stereocenters. The number of carbonyl (C=O) groups is 2. The first-order valence-electron chi connectivity index (χ1n) is 7.62. The molecule has 0 saturated heterocycles. The third-order valence-corrected chi connectivity index (χ3v) is 4.16. The highest BCUT2D eigenvalue weighted by molar-refractivity contribution is 5.97. The number of hydrogen-bond donors (Lipinski definition) is 2. The van der Waals surface area contributed by atoms with Gasteiger partial charge in [-0.05, 0) is 49.8 Å². The number of carbonyl (C=O) groups excluding carboxylic acids is 2. The van der Waals surface area contributed by atoms with E-state index >= 15 is 0 Å². The summed E-state index contributed by atoms with van der Waals surface area (Å²) in [5, 5.41) is 5.80. The number of anilines is 1. The molecule has 1 atom stereocenters. The van der Waals surface area contributed by atoms with Crippen LogP contribution in [0.5, 0.6) is 0 Å². The Morgan fingerprint density at radius 2 is 1.86 bits per heavy atom. The summed E-state index contributed by atoms with van der Waals surface area (Å²) >= 11 is 0. The van der Waals surface area contributed by atoms with E-state index in [1.165, 1.54) is 6.92 Å². The molecule has 0 bridgehead atoms. The fourth-order valence-corrected chi connectivity index (χ4v) is 2.99. The Bertz CT molecular complexity index is 534. The van der Waals surface area contributed by atoms with E-state index in [0.29, 0.717) is 0 Å². The lowest BCUT2D eigenvalue weighted by molar-refractivity contribution is -0.126. The molecule has 1 aromatic carbocycles. The first-order valence-corrected chi connectivity index (χ1v) is 7.62. The standard InChI is InChI=1S/C17H24N2O2/c1-11-8-9-12(2)15(10-11)19-17(21)16(18-13(3)20)14-6-4-5-7-14/h8-10,14,16H,4-7H2,1-3H3,(H,18,20)(H,19,21)/t16-/m0/s1. The molecule has 1 aliphatic carbocycles. The Kier molecular flexibility index (Phi) is 4.99. The minimum atomic E-state index is -0.426. The van der Waals surface area contributed by atoms with Crippen LogP contribution in [-0.2, 0) is 9.59 Å². The van der Waals surface area contributed by atoms with Gasteiger partial charge in [0.25, 0.3) is 0 Å². The lowest BCUT2D eigenvalue weighted by Gasteiger charge is -2.23. The van der Waals surface area contributed by atoms with Gasteiger partial charge < -0.3 is 10.6 Å². The third-order valence-electron chi connectivity index (χ3n) is 4.16. The lowest BCUT2D eigenvalue weighted by atomic mass is 9.97. The topological polar surface area (TPSA) is 58.2 Å². The van der Waals surface area contributed by atoms with Crippen LogP contribution in [0.15, 0.2) is 18.2 Å². The van der Waals surface area contributed by atoms with Gasteiger partial charge in [-0.3, -0.25) is 9.59 Å². The van der Waals surface area contributed by atoms with Gasteiger partial charge in [0.2, 0.25) is 11.8 Å². The van der Waals surface area contributed by atoms with Crippen molar-refractivity contribution in [3.63, 3.8) is 0 Å². The highest BCUT2D eigenvalue weighted by atomic mass is 16.2. The Morgan fingerprint density at radius 3 is 2.48 bits per heavy atom. The molecule has 0 heterocycles. The van der Waals surface area contributed by atoms with Gasteiger partial charge in [0.1, 0.15) is 6.04 Å². The third kappa shape index (κ3) is 4.06. The minimum Gasteiger partial charge on any atom is -0.344 e. The number of aryl methyl sites for hydroxylation is 2. The van der Waals surface area contributed by atoms with Gasteiger partial charge in [0.15, 0.2) is 0 Å². The second-order valence-corrected chi connectivity index (χ2v) is 6.03. The average Bonchev–Trinajstić information content (AvgIpc) is 2.93. The SMILES string of the molecule is CC(=O)N[C@H](C(=O)Nc1cc(C)ccc1C)C1CCCC1. The highest BCUT2D eigenvalue weighted by Gasteiger charge is 2.31. The van der Waals surface area contributed by atoms with Crippen molar-refractivity contribution in [2.24, 2.45) is 5.92 Å². The van der Waals surface area contributed by atoms with Crippen molar-refractivity contribution in [1.29, 1.82) is 0 Å². The van der Waals surface area contributed by atoms with E-state index in [-0.39, 0.29) is 17.7 Å². The van der Waals surface area contributed by atoms with Crippen molar-refractivity contribution in [3.05, 3.63) is 29.3 Å². The summed E-state index contributed by atoms with van der Waals surface area (Å²) in [6.45, 7) is 5.43. The summed E-state index contributed by atoms with van der Waals surface area (Å²) in [5.74, 6) is -0.00664. The molecule has 1 saturated carbocycles. The van der Waals surface area contributed by atoms with Crippen molar-refractivity contribution < 1.29 is 9.59 Å². The van der Waals surface area contributed by atoms with Gasteiger partial charge in [-0.2, -0.15) is 0 Å². The van der Waals surface area contributed by atoms with Crippen LogP contribution in [0.4, 0.5) is 5.69 Å². The molecule has 0 spiro atoms. The number of amides is 2. The molecular formula is C17H24N2O2. The monoisotopic (exact) mass is 288 g/mol. The van der Waals surface area contributed by atoms with Gasteiger partial charge >= 0.3 is 0 Å². The van der Waals surface area contributed by atoms with Crippen LogP contribution in [0, 0.1) is 19.8 Å². The molecule has 2 N–H and O–H groups in total. The molecule has 1 aliphatic rings. The zero-order chi connectivity index (χ0) is 15.4. The van der Waals surface area contributed by atoms with Gasteiger partial charge in [-0.25, -0.2) is 0 Å². The molecular weight excluding hydrogens is 264 g/mol. The van der Waals surface area contributed by atoms with Crippen LogP contribution in [0.25, 0.3) is 0 Å². The normalized spacial score (nSPS) is 16.5. The van der Waals surface area contributed by atoms with E-state index in [1.54, 1.807) is 0 Å². The molecule has 114 valence electrons. The quantitative estimate of drug-likeness (QED) is 0.895. The van der Waals surface area contributed by atoms with Crippen molar-refractivity contribution in [1.82, 2.24) is 5.32 Å². The average molecular weight is 288 g/mol. The first-order chi connectivity index (χ1) is 9.97. The minimum absolute atomic E-state index is 0.106. The van der Waals surface area contributed by atoms with Gasteiger partial charge in [0, 0.05) is 12.6 Å². The first kappa shape index (κ1) is 15.5. The zero-order valence-electron chi connectivity index (χ0n) is 13.0. The Balaban J connectivity index is 2.13. The van der Waals surface area contributed by atoms with Crippen molar-refractivity contribution >= 4 is 17.5 Å².